The molecule has 1 atom stereocenters. The molecule has 12 heteroatoms. The number of hydrogen-bond donors (Lipinski definition) is 3. The number of carbonyl (C=O) groups excluding carboxylic acids is 2. The predicted molar refractivity (Wildman–Crippen MR) is 87.0 cm³/mol. The molecular formula is C15H8Cl2F4N2O4. The van der Waals surface area contributed by atoms with Crippen LogP contribution in [0.3, 0.4) is 0 Å². The fraction of sp³-hybridized carbons (Fsp3) is 0.0667. The summed E-state index contributed by atoms with van der Waals surface area (Å²) < 4.78 is 51.5. The molecule has 3 N–H and O–H groups in total. The van der Waals surface area contributed by atoms with E-state index < -0.39 is 55.8 Å². The predicted octanol–water partition coefficient (Wildman–Crippen LogP) is 3.53. The number of nitrogens with one attached hydrogen (secondary N) is 2. The fourth-order valence-corrected chi connectivity index (χ4v) is 2.62. The van der Waals surface area contributed by atoms with Crippen LogP contribution in [0.15, 0.2) is 30.3 Å². The lowest BCUT2D eigenvalue weighted by atomic mass is 10.1. The molecular weight excluding hydrogens is 419 g/mol. The zero-order valence-corrected chi connectivity index (χ0v) is 14.3. The summed E-state index contributed by atoms with van der Waals surface area (Å²) in [5, 5.41) is 19.2. The second-order valence-electron chi connectivity index (χ2n) is 5.07. The maximum atomic E-state index is 14.1. The Hall–Kier alpha value is -2.24. The molecule has 1 unspecified atom stereocenters. The van der Waals surface area contributed by atoms with E-state index in [4.69, 9.17) is 28.4 Å². The zero-order chi connectivity index (χ0) is 20.5. The van der Waals surface area contributed by atoms with Gasteiger partial charge >= 0.3 is 6.18 Å². The molecule has 0 saturated carbocycles. The SMILES string of the molecule is O=C(Nc1c(Cl)cc(C(=O)C(F)(F)F)cc1Cl)c1cccc([NH+]([O-])O)c1F. The van der Waals surface area contributed by atoms with Gasteiger partial charge in [-0.05, 0) is 18.2 Å². The van der Waals surface area contributed by atoms with Gasteiger partial charge in [0.1, 0.15) is 0 Å². The first kappa shape index (κ1) is 21.1. The molecule has 0 bridgehead atoms. The number of halogens is 6. The van der Waals surface area contributed by atoms with E-state index >= 15 is 0 Å². The first-order valence-electron chi connectivity index (χ1n) is 6.87. The Labute approximate surface area is 158 Å². The third kappa shape index (κ3) is 4.54. The Morgan fingerprint density at radius 3 is 2.19 bits per heavy atom. The number of ketones is 1. The van der Waals surface area contributed by atoms with E-state index in [9.17, 15) is 32.4 Å². The van der Waals surface area contributed by atoms with Crippen molar-refractivity contribution in [2.75, 3.05) is 5.32 Å². The zero-order valence-electron chi connectivity index (χ0n) is 12.8. The van der Waals surface area contributed by atoms with E-state index in [-0.39, 0.29) is 5.69 Å². The molecule has 0 aliphatic carbocycles. The smallest absolute Gasteiger partial charge is 0.454 e. The molecule has 6 nitrogen and oxygen atoms in total. The van der Waals surface area contributed by atoms with Crippen LogP contribution in [-0.2, 0) is 0 Å². The molecule has 2 rings (SSSR count). The van der Waals surface area contributed by atoms with Gasteiger partial charge in [0.15, 0.2) is 5.82 Å². The fourth-order valence-electron chi connectivity index (χ4n) is 2.04. The maximum Gasteiger partial charge on any atom is 0.454 e. The van der Waals surface area contributed by atoms with Gasteiger partial charge in [-0.25, -0.2) is 5.21 Å². The number of Topliss-reactive ketones (excluding diaryl/α,β-unsaturated/α-hetero) is 1. The Kier molecular flexibility index (Phi) is 6.07. The van der Waals surface area contributed by atoms with Crippen molar-refractivity contribution in [3.63, 3.8) is 0 Å². The van der Waals surface area contributed by atoms with E-state index in [1.165, 1.54) is 0 Å². The Morgan fingerprint density at radius 1 is 1.15 bits per heavy atom. The second-order valence-corrected chi connectivity index (χ2v) is 5.88. The highest BCUT2D eigenvalue weighted by atomic mass is 35.5. The average molecular weight is 427 g/mol. The topological polar surface area (TPSA) is 93.9 Å². The van der Waals surface area contributed by atoms with Gasteiger partial charge in [0, 0.05) is 11.6 Å². The minimum Gasteiger partial charge on any atom is -0.595 e. The Bertz CT molecular complexity index is 896. The van der Waals surface area contributed by atoms with Gasteiger partial charge in [-0.2, -0.15) is 22.8 Å². The number of quaternary nitrogens is 1. The number of carbonyl (C=O) groups is 2. The minimum atomic E-state index is -5.15. The number of hydrogen-bond acceptors (Lipinski definition) is 4. The van der Waals surface area contributed by atoms with Crippen molar-refractivity contribution in [2.24, 2.45) is 0 Å². The van der Waals surface area contributed by atoms with E-state index in [0.717, 1.165) is 18.2 Å². The quantitative estimate of drug-likeness (QED) is 0.396. The highest BCUT2D eigenvalue weighted by molar-refractivity contribution is 6.40. The second kappa shape index (κ2) is 7.79. The van der Waals surface area contributed by atoms with Crippen LogP contribution in [0.25, 0.3) is 0 Å². The van der Waals surface area contributed by atoms with Gasteiger partial charge in [-0.1, -0.05) is 29.3 Å². The molecule has 2 aromatic carbocycles. The lowest BCUT2D eigenvalue weighted by Crippen LogP contribution is -2.99. The van der Waals surface area contributed by atoms with Gasteiger partial charge in [0.25, 0.3) is 11.7 Å². The van der Waals surface area contributed by atoms with Crippen LogP contribution in [0.2, 0.25) is 10.0 Å². The standard InChI is InChI=1S/C15H8Cl2F4N2O4/c16-8-4-6(13(24)15(19,20)21)5-9(17)12(8)22-14(25)7-2-1-3-10(11(7)18)23(26)27/h1-5,23,26H,(H,22,25). The summed E-state index contributed by atoms with van der Waals surface area (Å²) in [5.41, 5.74) is -2.64. The highest BCUT2D eigenvalue weighted by Crippen LogP contribution is 2.34. The van der Waals surface area contributed by atoms with Crippen molar-refractivity contribution in [2.45, 2.75) is 6.18 Å². The molecule has 0 fully saturated rings. The van der Waals surface area contributed by atoms with Gasteiger partial charge in [0.2, 0.25) is 5.69 Å². The van der Waals surface area contributed by atoms with Crippen molar-refractivity contribution in [1.29, 1.82) is 0 Å². The van der Waals surface area contributed by atoms with E-state index in [1.54, 1.807) is 0 Å². The van der Waals surface area contributed by atoms with Crippen molar-refractivity contribution in [3.8, 4) is 0 Å². The van der Waals surface area contributed by atoms with Crippen LogP contribution < -0.4 is 10.5 Å². The summed E-state index contributed by atoms with van der Waals surface area (Å²) in [4.78, 5) is 23.4. The maximum absolute atomic E-state index is 14.1. The summed E-state index contributed by atoms with van der Waals surface area (Å²) in [6.07, 6.45) is -5.15. The summed E-state index contributed by atoms with van der Waals surface area (Å²) in [7, 11) is 0. The minimum absolute atomic E-state index is 0.373. The molecule has 0 aliphatic heterocycles. The summed E-state index contributed by atoms with van der Waals surface area (Å²) in [6, 6.07) is 4.33. The molecule has 0 aliphatic rings. The first-order valence-corrected chi connectivity index (χ1v) is 7.62. The largest absolute Gasteiger partial charge is 0.595 e. The van der Waals surface area contributed by atoms with Crippen molar-refractivity contribution >= 4 is 46.3 Å². The van der Waals surface area contributed by atoms with Crippen LogP contribution in [0.4, 0.5) is 28.9 Å². The van der Waals surface area contributed by atoms with Gasteiger partial charge in [0.05, 0.1) is 21.3 Å². The van der Waals surface area contributed by atoms with Gasteiger partial charge < -0.3 is 10.5 Å². The molecule has 0 spiro atoms. The van der Waals surface area contributed by atoms with Crippen molar-refractivity contribution < 1.29 is 37.6 Å². The Morgan fingerprint density at radius 2 is 1.70 bits per heavy atom. The lowest BCUT2D eigenvalue weighted by Gasteiger charge is -2.15. The van der Waals surface area contributed by atoms with Crippen LogP contribution in [-0.4, -0.2) is 23.1 Å². The number of benzene rings is 2. The van der Waals surface area contributed by atoms with Crippen LogP contribution in [0.1, 0.15) is 20.7 Å². The molecule has 0 radical (unpaired) electrons. The number of anilines is 1. The normalized spacial score (nSPS) is 12.6. The van der Waals surface area contributed by atoms with E-state index in [0.29, 0.717) is 12.1 Å². The van der Waals surface area contributed by atoms with E-state index in [1.807, 2.05) is 0 Å². The van der Waals surface area contributed by atoms with Crippen LogP contribution in [0.5, 0.6) is 0 Å². The molecule has 0 heterocycles. The molecule has 1 amide bonds. The van der Waals surface area contributed by atoms with Crippen molar-refractivity contribution in [1.82, 2.24) is 0 Å². The summed E-state index contributed by atoms with van der Waals surface area (Å²) >= 11 is 11.6. The summed E-state index contributed by atoms with van der Waals surface area (Å²) in [6.45, 7) is 0. The summed E-state index contributed by atoms with van der Waals surface area (Å²) in [5.74, 6) is -4.66. The Balaban J connectivity index is 2.37. The van der Waals surface area contributed by atoms with Gasteiger partial charge in [-0.15, -0.1) is 0 Å². The number of amides is 1. The van der Waals surface area contributed by atoms with Crippen molar-refractivity contribution in [3.05, 3.63) is 62.5 Å². The monoisotopic (exact) mass is 426 g/mol. The lowest BCUT2D eigenvalue weighted by molar-refractivity contribution is -0.992. The highest BCUT2D eigenvalue weighted by Gasteiger charge is 2.39. The third-order valence-electron chi connectivity index (χ3n) is 3.27. The van der Waals surface area contributed by atoms with Crippen LogP contribution >= 0.6 is 23.2 Å². The third-order valence-corrected chi connectivity index (χ3v) is 3.87. The first-order chi connectivity index (χ1) is 12.4. The van der Waals surface area contributed by atoms with Crippen LogP contribution in [0, 0.1) is 11.0 Å². The molecule has 144 valence electrons. The average Bonchev–Trinajstić information content (AvgIpc) is 2.56. The molecule has 2 aromatic rings. The van der Waals surface area contributed by atoms with E-state index in [2.05, 4.69) is 5.32 Å². The molecule has 0 aromatic heterocycles. The van der Waals surface area contributed by atoms with Gasteiger partial charge in [-0.3, -0.25) is 9.59 Å². The molecule has 0 saturated heterocycles. The number of alkyl halides is 3. The number of rotatable bonds is 4. The molecule has 27 heavy (non-hydrogen) atoms.